The maximum Gasteiger partial charge on any atom is 0.322 e. The van der Waals surface area contributed by atoms with Crippen LogP contribution in [0.4, 0.5) is 10.5 Å². The number of aliphatic hydroxyl groups is 1. The molecule has 0 saturated carbocycles. The van der Waals surface area contributed by atoms with Crippen molar-refractivity contribution in [3.63, 3.8) is 0 Å². The number of carbonyl (C=O) groups excluding carboxylic acids is 1. The lowest BCUT2D eigenvalue weighted by atomic mass is 10.2. The molecule has 0 unspecified atom stereocenters. The molecule has 0 bridgehead atoms. The fraction of sp³-hybridized carbons (Fsp3) is 0.462. The van der Waals surface area contributed by atoms with Crippen molar-refractivity contribution in [3.05, 3.63) is 27.7 Å². The summed E-state index contributed by atoms with van der Waals surface area (Å²) in [4.78, 5) is 13.7. The zero-order valence-electron chi connectivity index (χ0n) is 10.6. The number of likely N-dealkylation sites (tertiary alicyclic amines) is 1. The monoisotopic (exact) mass is 302 g/mol. The Hall–Kier alpha value is -0.970. The van der Waals surface area contributed by atoms with E-state index < -0.39 is 0 Å². The van der Waals surface area contributed by atoms with Gasteiger partial charge in [0.2, 0.25) is 0 Å². The van der Waals surface area contributed by atoms with Crippen LogP contribution in [0, 0.1) is 6.92 Å². The zero-order chi connectivity index (χ0) is 14.0. The Balaban J connectivity index is 2.11. The van der Waals surface area contributed by atoms with Crippen molar-refractivity contribution < 1.29 is 9.90 Å². The summed E-state index contributed by atoms with van der Waals surface area (Å²) in [6.45, 7) is 2.46. The normalized spacial score (nSPS) is 18.7. The molecule has 1 aliphatic heterocycles. The van der Waals surface area contributed by atoms with Gasteiger partial charge in [-0.15, -0.1) is 0 Å². The number of carbonyl (C=O) groups is 1. The molecule has 104 valence electrons. The number of benzene rings is 1. The number of hydrogen-bond donors (Lipinski definition) is 2. The average Bonchev–Trinajstić information content (AvgIpc) is 2.84. The highest BCUT2D eigenvalue weighted by atomic mass is 35.5. The van der Waals surface area contributed by atoms with Gasteiger partial charge in [0.05, 0.1) is 12.6 Å². The number of rotatable bonds is 2. The molecule has 6 heteroatoms. The predicted molar refractivity (Wildman–Crippen MR) is 77.0 cm³/mol. The van der Waals surface area contributed by atoms with Gasteiger partial charge in [0.1, 0.15) is 0 Å². The molecule has 0 spiro atoms. The van der Waals surface area contributed by atoms with Crippen molar-refractivity contribution in [2.24, 2.45) is 0 Å². The smallest absolute Gasteiger partial charge is 0.322 e. The summed E-state index contributed by atoms with van der Waals surface area (Å²) < 4.78 is 0. The molecular formula is C13H16Cl2N2O2. The maximum absolute atomic E-state index is 12.1. The van der Waals surface area contributed by atoms with E-state index in [0.29, 0.717) is 22.3 Å². The Bertz CT molecular complexity index is 471. The summed E-state index contributed by atoms with van der Waals surface area (Å²) in [6, 6.07) is 3.01. The first-order valence-electron chi connectivity index (χ1n) is 6.17. The molecule has 0 aromatic heterocycles. The number of nitrogens with one attached hydrogen (secondary N) is 1. The molecule has 2 N–H and O–H groups in total. The Morgan fingerprint density at radius 1 is 1.47 bits per heavy atom. The maximum atomic E-state index is 12.1. The van der Waals surface area contributed by atoms with Crippen LogP contribution in [-0.4, -0.2) is 35.2 Å². The summed E-state index contributed by atoms with van der Waals surface area (Å²) in [5, 5.41) is 13.0. The number of aliphatic hydroxyl groups excluding tert-OH is 1. The van der Waals surface area contributed by atoms with E-state index in [2.05, 4.69) is 5.32 Å². The highest BCUT2D eigenvalue weighted by molar-refractivity contribution is 6.36. The second kappa shape index (κ2) is 5.99. The summed E-state index contributed by atoms with van der Waals surface area (Å²) in [5.74, 6) is 0. The van der Waals surface area contributed by atoms with Gasteiger partial charge in [-0.3, -0.25) is 0 Å². The molecule has 19 heavy (non-hydrogen) atoms. The second-order valence-corrected chi connectivity index (χ2v) is 5.48. The molecule has 2 rings (SSSR count). The van der Waals surface area contributed by atoms with E-state index in [4.69, 9.17) is 23.2 Å². The summed E-state index contributed by atoms with van der Waals surface area (Å²) in [7, 11) is 0. The molecule has 1 aliphatic rings. The van der Waals surface area contributed by atoms with Crippen LogP contribution in [0.15, 0.2) is 12.1 Å². The first-order chi connectivity index (χ1) is 9.02. The Labute approximate surface area is 122 Å². The molecule has 1 aromatic carbocycles. The summed E-state index contributed by atoms with van der Waals surface area (Å²) >= 11 is 12.1. The zero-order valence-corrected chi connectivity index (χ0v) is 12.1. The summed E-state index contributed by atoms with van der Waals surface area (Å²) in [5.41, 5.74) is 1.35. The molecule has 2 amide bonds. The molecule has 0 radical (unpaired) electrons. The van der Waals surface area contributed by atoms with Crippen LogP contribution in [0.5, 0.6) is 0 Å². The van der Waals surface area contributed by atoms with Gasteiger partial charge in [0.15, 0.2) is 0 Å². The molecule has 1 atom stereocenters. The highest BCUT2D eigenvalue weighted by Crippen LogP contribution is 2.28. The first-order valence-corrected chi connectivity index (χ1v) is 6.92. The molecule has 1 aromatic rings. The predicted octanol–water partition coefficient (Wildman–Crippen LogP) is 3.29. The lowest BCUT2D eigenvalue weighted by molar-refractivity contribution is 0.166. The number of halogens is 2. The molecular weight excluding hydrogens is 287 g/mol. The van der Waals surface area contributed by atoms with Crippen molar-refractivity contribution >= 4 is 34.9 Å². The Morgan fingerprint density at radius 2 is 2.11 bits per heavy atom. The van der Waals surface area contributed by atoms with Crippen LogP contribution in [0.25, 0.3) is 0 Å². The SMILES string of the molecule is Cc1c(Cl)cc(NC(=O)N2CCC[C@H]2CO)cc1Cl. The van der Waals surface area contributed by atoms with E-state index >= 15 is 0 Å². The number of hydrogen-bond acceptors (Lipinski definition) is 2. The first kappa shape index (κ1) is 14.4. The second-order valence-electron chi connectivity index (χ2n) is 4.67. The van der Waals surface area contributed by atoms with Gasteiger partial charge in [-0.1, -0.05) is 23.2 Å². The van der Waals surface area contributed by atoms with Crippen molar-refractivity contribution in [2.45, 2.75) is 25.8 Å². The standard InChI is InChI=1S/C13H16Cl2N2O2/c1-8-11(14)5-9(6-12(8)15)16-13(19)17-4-2-3-10(17)7-18/h5-6,10,18H,2-4,7H2,1H3,(H,16,19)/t10-/m0/s1. The minimum absolute atomic E-state index is 0.0111. The fourth-order valence-electron chi connectivity index (χ4n) is 2.21. The van der Waals surface area contributed by atoms with Crippen molar-refractivity contribution in [1.29, 1.82) is 0 Å². The van der Waals surface area contributed by atoms with Crippen LogP contribution in [-0.2, 0) is 0 Å². The number of amides is 2. The topological polar surface area (TPSA) is 52.6 Å². The molecule has 4 nitrogen and oxygen atoms in total. The quantitative estimate of drug-likeness (QED) is 0.881. The van der Waals surface area contributed by atoms with Crippen LogP contribution in [0.2, 0.25) is 10.0 Å². The van der Waals surface area contributed by atoms with Crippen LogP contribution < -0.4 is 5.32 Å². The van der Waals surface area contributed by atoms with Crippen LogP contribution in [0.1, 0.15) is 18.4 Å². The third-order valence-corrected chi connectivity index (χ3v) is 4.17. The van der Waals surface area contributed by atoms with E-state index in [1.54, 1.807) is 17.0 Å². The van der Waals surface area contributed by atoms with Crippen molar-refractivity contribution in [1.82, 2.24) is 4.90 Å². The molecule has 1 heterocycles. The van der Waals surface area contributed by atoms with E-state index in [1.165, 1.54) is 0 Å². The molecule has 0 aliphatic carbocycles. The number of nitrogens with zero attached hydrogens (tertiary/aromatic N) is 1. The highest BCUT2D eigenvalue weighted by Gasteiger charge is 2.28. The third-order valence-electron chi connectivity index (χ3n) is 3.38. The van der Waals surface area contributed by atoms with Crippen LogP contribution in [0.3, 0.4) is 0 Å². The number of urea groups is 1. The van der Waals surface area contributed by atoms with Gasteiger partial charge < -0.3 is 15.3 Å². The van der Waals surface area contributed by atoms with Gasteiger partial charge >= 0.3 is 6.03 Å². The average molecular weight is 303 g/mol. The van der Waals surface area contributed by atoms with Crippen molar-refractivity contribution in [2.75, 3.05) is 18.5 Å². The van der Waals surface area contributed by atoms with Gasteiger partial charge in [0, 0.05) is 22.3 Å². The van der Waals surface area contributed by atoms with E-state index in [1.807, 2.05) is 6.92 Å². The lowest BCUT2D eigenvalue weighted by Crippen LogP contribution is -2.40. The minimum Gasteiger partial charge on any atom is -0.394 e. The van der Waals surface area contributed by atoms with Gasteiger partial charge in [0.25, 0.3) is 0 Å². The third kappa shape index (κ3) is 3.14. The Morgan fingerprint density at radius 3 is 2.68 bits per heavy atom. The lowest BCUT2D eigenvalue weighted by Gasteiger charge is -2.23. The molecule has 1 saturated heterocycles. The van der Waals surface area contributed by atoms with E-state index in [-0.39, 0.29) is 18.7 Å². The largest absolute Gasteiger partial charge is 0.394 e. The van der Waals surface area contributed by atoms with E-state index in [0.717, 1.165) is 18.4 Å². The Kier molecular flexibility index (Phi) is 4.55. The van der Waals surface area contributed by atoms with Gasteiger partial charge in [-0.25, -0.2) is 4.79 Å². The number of anilines is 1. The minimum atomic E-state index is -0.229. The van der Waals surface area contributed by atoms with E-state index in [9.17, 15) is 9.90 Å². The molecule has 1 fully saturated rings. The van der Waals surface area contributed by atoms with Crippen molar-refractivity contribution in [3.8, 4) is 0 Å². The van der Waals surface area contributed by atoms with Gasteiger partial charge in [-0.2, -0.15) is 0 Å². The van der Waals surface area contributed by atoms with Crippen LogP contribution >= 0.6 is 23.2 Å². The summed E-state index contributed by atoms with van der Waals surface area (Å²) in [6.07, 6.45) is 1.74. The fourth-order valence-corrected chi connectivity index (χ4v) is 2.69. The van der Waals surface area contributed by atoms with Gasteiger partial charge in [-0.05, 0) is 37.5 Å².